The molecule has 1 fully saturated rings. The number of rotatable bonds is 4. The molecular formula is C18H20ClN3O2. The van der Waals surface area contributed by atoms with E-state index in [0.717, 1.165) is 18.8 Å². The van der Waals surface area contributed by atoms with Gasteiger partial charge in [0.1, 0.15) is 10.9 Å². The number of anilines is 1. The standard InChI is InChI=1S/C18H20ClN3O2/c1-2-24-16-6-4-3-5-15(16)18(23)22-11-9-21(10-12-22)14-7-8-20-17(19)13-14/h3-8,13H,2,9-12H2,1H3. The highest BCUT2D eigenvalue weighted by Gasteiger charge is 2.24. The van der Waals surface area contributed by atoms with E-state index in [2.05, 4.69) is 9.88 Å². The Morgan fingerprint density at radius 1 is 1.21 bits per heavy atom. The lowest BCUT2D eigenvalue weighted by molar-refractivity contribution is 0.0742. The zero-order chi connectivity index (χ0) is 16.9. The number of hydrogen-bond donors (Lipinski definition) is 0. The van der Waals surface area contributed by atoms with Crippen molar-refractivity contribution in [1.82, 2.24) is 9.88 Å². The van der Waals surface area contributed by atoms with E-state index in [1.165, 1.54) is 0 Å². The highest BCUT2D eigenvalue weighted by atomic mass is 35.5. The average molecular weight is 346 g/mol. The molecule has 1 aliphatic heterocycles. The van der Waals surface area contributed by atoms with Crippen LogP contribution in [0.5, 0.6) is 5.75 Å². The molecule has 0 unspecified atom stereocenters. The fourth-order valence-corrected chi connectivity index (χ4v) is 3.02. The van der Waals surface area contributed by atoms with Crippen LogP contribution in [0.2, 0.25) is 5.15 Å². The maximum absolute atomic E-state index is 12.8. The molecule has 0 saturated carbocycles. The van der Waals surface area contributed by atoms with E-state index in [9.17, 15) is 4.79 Å². The molecule has 0 atom stereocenters. The van der Waals surface area contributed by atoms with Crippen LogP contribution < -0.4 is 9.64 Å². The molecule has 3 rings (SSSR count). The van der Waals surface area contributed by atoms with Crippen LogP contribution in [-0.2, 0) is 0 Å². The van der Waals surface area contributed by atoms with Gasteiger partial charge in [0.15, 0.2) is 0 Å². The third-order valence-electron chi connectivity index (χ3n) is 4.06. The number of amides is 1. The van der Waals surface area contributed by atoms with Gasteiger partial charge in [-0.2, -0.15) is 0 Å². The third kappa shape index (κ3) is 3.62. The van der Waals surface area contributed by atoms with Gasteiger partial charge < -0.3 is 14.5 Å². The first-order valence-corrected chi connectivity index (χ1v) is 8.44. The number of para-hydroxylation sites is 1. The van der Waals surface area contributed by atoms with Crippen LogP contribution in [0.4, 0.5) is 5.69 Å². The van der Waals surface area contributed by atoms with Crippen molar-refractivity contribution in [2.45, 2.75) is 6.92 Å². The maximum atomic E-state index is 12.8. The molecular weight excluding hydrogens is 326 g/mol. The Morgan fingerprint density at radius 3 is 2.67 bits per heavy atom. The molecule has 6 heteroatoms. The van der Waals surface area contributed by atoms with Gasteiger partial charge in [-0.25, -0.2) is 4.98 Å². The topological polar surface area (TPSA) is 45.7 Å². The predicted octanol–water partition coefficient (Wildman–Crippen LogP) is 3.10. The SMILES string of the molecule is CCOc1ccccc1C(=O)N1CCN(c2ccnc(Cl)c2)CC1. The summed E-state index contributed by atoms with van der Waals surface area (Å²) in [6.07, 6.45) is 1.70. The summed E-state index contributed by atoms with van der Waals surface area (Å²) >= 11 is 5.95. The Hall–Kier alpha value is -2.27. The summed E-state index contributed by atoms with van der Waals surface area (Å²) in [5.41, 5.74) is 1.66. The molecule has 1 saturated heterocycles. The van der Waals surface area contributed by atoms with Crippen molar-refractivity contribution in [3.05, 3.63) is 53.3 Å². The van der Waals surface area contributed by atoms with Gasteiger partial charge in [0.25, 0.3) is 5.91 Å². The van der Waals surface area contributed by atoms with Gasteiger partial charge in [-0.3, -0.25) is 4.79 Å². The number of aromatic nitrogens is 1. The molecule has 1 amide bonds. The van der Waals surface area contributed by atoms with E-state index >= 15 is 0 Å². The molecule has 1 aliphatic rings. The Bertz CT molecular complexity index is 715. The van der Waals surface area contributed by atoms with Crippen LogP contribution in [0.15, 0.2) is 42.6 Å². The zero-order valence-electron chi connectivity index (χ0n) is 13.6. The molecule has 1 aromatic carbocycles. The van der Waals surface area contributed by atoms with Crippen molar-refractivity contribution in [1.29, 1.82) is 0 Å². The van der Waals surface area contributed by atoms with Gasteiger partial charge in [-0.15, -0.1) is 0 Å². The monoisotopic (exact) mass is 345 g/mol. The Labute approximate surface area is 146 Å². The lowest BCUT2D eigenvalue weighted by Crippen LogP contribution is -2.48. The van der Waals surface area contributed by atoms with Gasteiger partial charge in [-0.05, 0) is 31.2 Å². The van der Waals surface area contributed by atoms with E-state index in [0.29, 0.717) is 36.2 Å². The van der Waals surface area contributed by atoms with E-state index in [-0.39, 0.29) is 5.91 Å². The summed E-state index contributed by atoms with van der Waals surface area (Å²) in [6.45, 7) is 5.32. The largest absolute Gasteiger partial charge is 0.493 e. The minimum atomic E-state index is 0.0199. The van der Waals surface area contributed by atoms with E-state index < -0.39 is 0 Å². The normalized spacial score (nSPS) is 14.6. The first kappa shape index (κ1) is 16.6. The van der Waals surface area contributed by atoms with Crippen LogP contribution in [0, 0.1) is 0 Å². The number of benzene rings is 1. The van der Waals surface area contributed by atoms with Crippen LogP contribution in [0.3, 0.4) is 0 Å². The fourth-order valence-electron chi connectivity index (χ4n) is 2.85. The van der Waals surface area contributed by atoms with Crippen molar-refractivity contribution < 1.29 is 9.53 Å². The number of carbonyl (C=O) groups excluding carboxylic acids is 1. The number of pyridine rings is 1. The van der Waals surface area contributed by atoms with Gasteiger partial charge in [0, 0.05) is 38.1 Å². The fraction of sp³-hybridized carbons (Fsp3) is 0.333. The molecule has 2 heterocycles. The molecule has 0 N–H and O–H groups in total. The number of hydrogen-bond acceptors (Lipinski definition) is 4. The summed E-state index contributed by atoms with van der Waals surface area (Å²) in [6, 6.07) is 11.2. The zero-order valence-corrected chi connectivity index (χ0v) is 14.4. The predicted molar refractivity (Wildman–Crippen MR) is 95.0 cm³/mol. The van der Waals surface area contributed by atoms with Crippen molar-refractivity contribution in [3.8, 4) is 5.75 Å². The van der Waals surface area contributed by atoms with E-state index in [4.69, 9.17) is 16.3 Å². The molecule has 126 valence electrons. The van der Waals surface area contributed by atoms with Crippen molar-refractivity contribution >= 4 is 23.2 Å². The summed E-state index contributed by atoms with van der Waals surface area (Å²) in [5.74, 6) is 0.666. The number of carbonyl (C=O) groups is 1. The van der Waals surface area contributed by atoms with Crippen molar-refractivity contribution in [2.24, 2.45) is 0 Å². The smallest absolute Gasteiger partial charge is 0.257 e. The van der Waals surface area contributed by atoms with Crippen molar-refractivity contribution in [2.75, 3.05) is 37.7 Å². The van der Waals surface area contributed by atoms with Crippen LogP contribution >= 0.6 is 11.6 Å². The molecule has 0 radical (unpaired) electrons. The van der Waals surface area contributed by atoms with Crippen molar-refractivity contribution in [3.63, 3.8) is 0 Å². The van der Waals surface area contributed by atoms with Gasteiger partial charge in [-0.1, -0.05) is 23.7 Å². The summed E-state index contributed by atoms with van der Waals surface area (Å²) in [5, 5.41) is 0.483. The van der Waals surface area contributed by atoms with Gasteiger partial charge in [0.2, 0.25) is 0 Å². The number of nitrogens with zero attached hydrogens (tertiary/aromatic N) is 3. The molecule has 1 aromatic heterocycles. The molecule has 5 nitrogen and oxygen atoms in total. The molecule has 0 spiro atoms. The lowest BCUT2D eigenvalue weighted by atomic mass is 10.1. The number of piperazine rings is 1. The second-order valence-electron chi connectivity index (χ2n) is 5.55. The number of halogens is 1. The second-order valence-corrected chi connectivity index (χ2v) is 5.93. The highest BCUT2D eigenvalue weighted by Crippen LogP contribution is 2.23. The van der Waals surface area contributed by atoms with Gasteiger partial charge >= 0.3 is 0 Å². The maximum Gasteiger partial charge on any atom is 0.257 e. The Balaban J connectivity index is 1.67. The molecule has 2 aromatic rings. The van der Waals surface area contributed by atoms with Crippen LogP contribution in [-0.4, -0.2) is 48.6 Å². The minimum Gasteiger partial charge on any atom is -0.493 e. The number of ether oxygens (including phenoxy) is 1. The first-order chi connectivity index (χ1) is 11.7. The molecule has 0 bridgehead atoms. The highest BCUT2D eigenvalue weighted by molar-refractivity contribution is 6.29. The first-order valence-electron chi connectivity index (χ1n) is 8.06. The Kier molecular flexibility index (Phi) is 5.20. The summed E-state index contributed by atoms with van der Waals surface area (Å²) in [4.78, 5) is 20.9. The molecule has 24 heavy (non-hydrogen) atoms. The quantitative estimate of drug-likeness (QED) is 0.799. The van der Waals surface area contributed by atoms with E-state index in [1.807, 2.05) is 48.2 Å². The minimum absolute atomic E-state index is 0.0199. The molecule has 0 aliphatic carbocycles. The average Bonchev–Trinajstić information content (AvgIpc) is 2.62. The Morgan fingerprint density at radius 2 is 1.96 bits per heavy atom. The van der Waals surface area contributed by atoms with Crippen LogP contribution in [0.25, 0.3) is 0 Å². The summed E-state index contributed by atoms with van der Waals surface area (Å²) in [7, 11) is 0. The summed E-state index contributed by atoms with van der Waals surface area (Å²) < 4.78 is 5.57. The van der Waals surface area contributed by atoms with Gasteiger partial charge in [0.05, 0.1) is 12.2 Å². The lowest BCUT2D eigenvalue weighted by Gasteiger charge is -2.36. The van der Waals surface area contributed by atoms with E-state index in [1.54, 1.807) is 6.20 Å². The third-order valence-corrected chi connectivity index (χ3v) is 4.27. The van der Waals surface area contributed by atoms with Crippen LogP contribution in [0.1, 0.15) is 17.3 Å². The second kappa shape index (κ2) is 7.53.